The molecule has 4 rings (SSSR count). The first-order valence-corrected chi connectivity index (χ1v) is 8.37. The van der Waals surface area contributed by atoms with Gasteiger partial charge in [-0.2, -0.15) is 0 Å². The Hall–Kier alpha value is -1.79. The van der Waals surface area contributed by atoms with E-state index in [0.717, 1.165) is 29.9 Å². The van der Waals surface area contributed by atoms with Gasteiger partial charge >= 0.3 is 0 Å². The van der Waals surface area contributed by atoms with Gasteiger partial charge in [-0.25, -0.2) is 5.43 Å². The van der Waals surface area contributed by atoms with Gasteiger partial charge in [0.15, 0.2) is 11.5 Å². The van der Waals surface area contributed by atoms with Gasteiger partial charge in [0.2, 0.25) is 12.7 Å². The summed E-state index contributed by atoms with van der Waals surface area (Å²) in [6.45, 7) is 0.847. The molecule has 1 saturated carbocycles. The molecule has 1 aromatic rings. The fourth-order valence-electron chi connectivity index (χ4n) is 3.91. The highest BCUT2D eigenvalue weighted by Crippen LogP contribution is 2.33. The molecule has 2 fully saturated rings. The molecule has 1 saturated heterocycles. The molecule has 3 unspecified atom stereocenters. The van der Waals surface area contributed by atoms with Crippen LogP contribution in [-0.4, -0.2) is 36.7 Å². The largest absolute Gasteiger partial charge is 0.454 e. The summed E-state index contributed by atoms with van der Waals surface area (Å²) in [4.78, 5) is 14.6. The van der Waals surface area contributed by atoms with Gasteiger partial charge < -0.3 is 14.4 Å². The molecule has 0 radical (unpaired) electrons. The number of hydrazine groups is 1. The smallest absolute Gasteiger partial charge is 0.241 e. The number of carbonyl (C=O) groups excluding carboxylic acids is 1. The Labute approximate surface area is 136 Å². The lowest BCUT2D eigenvalue weighted by molar-refractivity contribution is -0.133. The average molecular weight is 317 g/mol. The third kappa shape index (κ3) is 2.77. The molecule has 1 aromatic carbocycles. The van der Waals surface area contributed by atoms with Crippen LogP contribution in [0.2, 0.25) is 0 Å². The Morgan fingerprint density at radius 2 is 2.04 bits per heavy atom. The second-order valence-electron chi connectivity index (χ2n) is 6.70. The molecule has 6 nitrogen and oxygen atoms in total. The molecule has 124 valence electrons. The van der Waals surface area contributed by atoms with Gasteiger partial charge in [-0.3, -0.25) is 10.2 Å². The van der Waals surface area contributed by atoms with Gasteiger partial charge in [0, 0.05) is 25.6 Å². The van der Waals surface area contributed by atoms with E-state index in [-0.39, 0.29) is 18.7 Å². The molecule has 3 atom stereocenters. The Kier molecular flexibility index (Phi) is 3.87. The second-order valence-corrected chi connectivity index (χ2v) is 6.70. The minimum absolute atomic E-state index is 0.112. The molecule has 1 amide bonds. The number of nitrogens with zero attached hydrogens (tertiary/aromatic N) is 1. The maximum absolute atomic E-state index is 12.8. The van der Waals surface area contributed by atoms with Crippen LogP contribution in [0.25, 0.3) is 0 Å². The van der Waals surface area contributed by atoms with E-state index in [4.69, 9.17) is 9.47 Å². The summed E-state index contributed by atoms with van der Waals surface area (Å²) < 4.78 is 10.7. The third-order valence-electron chi connectivity index (χ3n) is 5.17. The highest BCUT2D eigenvalue weighted by atomic mass is 16.7. The van der Waals surface area contributed by atoms with Crippen molar-refractivity contribution in [2.45, 2.75) is 44.3 Å². The molecule has 3 aliphatic rings. The van der Waals surface area contributed by atoms with E-state index in [1.54, 1.807) is 4.90 Å². The van der Waals surface area contributed by atoms with Gasteiger partial charge in [-0.1, -0.05) is 18.9 Å². The number of carbonyl (C=O) groups is 1. The highest BCUT2D eigenvalue weighted by Gasteiger charge is 2.41. The van der Waals surface area contributed by atoms with Crippen LogP contribution >= 0.6 is 0 Å². The normalized spacial score (nSPS) is 28.5. The van der Waals surface area contributed by atoms with Crippen LogP contribution in [0.5, 0.6) is 11.5 Å². The Bertz CT molecular complexity index is 607. The molecule has 2 aliphatic heterocycles. The summed E-state index contributed by atoms with van der Waals surface area (Å²) >= 11 is 0. The maximum atomic E-state index is 12.8. The fraction of sp³-hybridized carbons (Fsp3) is 0.588. The standard InChI is InChI=1S/C17H23N3O3/c1-20(9-11-6-7-14-15(8-11)23-10-22-14)17(21)16-12-4-2-3-5-13(12)18-19-16/h6-8,12-13,16,18-19H,2-5,9-10H2,1H3. The maximum Gasteiger partial charge on any atom is 0.241 e. The van der Waals surface area contributed by atoms with E-state index in [1.807, 2.05) is 25.2 Å². The van der Waals surface area contributed by atoms with Crippen LogP contribution in [-0.2, 0) is 11.3 Å². The Balaban J connectivity index is 1.42. The lowest BCUT2D eigenvalue weighted by Gasteiger charge is -2.29. The number of fused-ring (bicyclic) bond motifs is 2. The van der Waals surface area contributed by atoms with Crippen molar-refractivity contribution in [1.29, 1.82) is 0 Å². The molecular weight excluding hydrogens is 294 g/mol. The molecule has 0 spiro atoms. The fourth-order valence-corrected chi connectivity index (χ4v) is 3.91. The van der Waals surface area contributed by atoms with Crippen molar-refractivity contribution in [3.05, 3.63) is 23.8 Å². The SMILES string of the molecule is CN(Cc1ccc2c(c1)OCO2)C(=O)C1NNC2CCCCC21. The number of benzene rings is 1. The van der Waals surface area contributed by atoms with Crippen molar-refractivity contribution >= 4 is 5.91 Å². The predicted molar refractivity (Wildman–Crippen MR) is 84.8 cm³/mol. The van der Waals surface area contributed by atoms with Crippen molar-refractivity contribution < 1.29 is 14.3 Å². The minimum Gasteiger partial charge on any atom is -0.454 e. The van der Waals surface area contributed by atoms with Crippen LogP contribution in [0.3, 0.4) is 0 Å². The van der Waals surface area contributed by atoms with E-state index >= 15 is 0 Å². The first-order valence-electron chi connectivity index (χ1n) is 8.37. The first-order chi connectivity index (χ1) is 11.2. The molecule has 23 heavy (non-hydrogen) atoms. The summed E-state index contributed by atoms with van der Waals surface area (Å²) in [5.41, 5.74) is 7.58. The minimum atomic E-state index is -0.112. The predicted octanol–water partition coefficient (Wildman–Crippen LogP) is 1.41. The van der Waals surface area contributed by atoms with Crippen LogP contribution < -0.4 is 20.3 Å². The number of hydrogen-bond donors (Lipinski definition) is 2. The average Bonchev–Trinajstić information content (AvgIpc) is 3.20. The summed E-state index contributed by atoms with van der Waals surface area (Å²) in [7, 11) is 1.87. The molecule has 1 aliphatic carbocycles. The summed E-state index contributed by atoms with van der Waals surface area (Å²) in [5.74, 6) is 2.10. The molecule has 2 N–H and O–H groups in total. The lowest BCUT2D eigenvalue weighted by atomic mass is 9.81. The summed E-state index contributed by atoms with van der Waals surface area (Å²) in [6, 6.07) is 6.18. The quantitative estimate of drug-likeness (QED) is 0.882. The van der Waals surface area contributed by atoms with Crippen molar-refractivity contribution in [3.63, 3.8) is 0 Å². The number of likely N-dealkylation sites (N-methyl/N-ethyl adjacent to an activating group) is 1. The number of amides is 1. The third-order valence-corrected chi connectivity index (χ3v) is 5.17. The highest BCUT2D eigenvalue weighted by molar-refractivity contribution is 5.82. The zero-order valence-electron chi connectivity index (χ0n) is 13.4. The van der Waals surface area contributed by atoms with Gasteiger partial charge in [0.1, 0.15) is 6.04 Å². The van der Waals surface area contributed by atoms with Gasteiger partial charge in [-0.15, -0.1) is 0 Å². The van der Waals surface area contributed by atoms with E-state index in [2.05, 4.69) is 10.9 Å². The van der Waals surface area contributed by atoms with Gasteiger partial charge in [0.25, 0.3) is 0 Å². The van der Waals surface area contributed by atoms with Crippen LogP contribution in [0.1, 0.15) is 31.2 Å². The van der Waals surface area contributed by atoms with Gasteiger partial charge in [0.05, 0.1) is 0 Å². The van der Waals surface area contributed by atoms with E-state index in [1.165, 1.54) is 12.8 Å². The molecular formula is C17H23N3O3. The van der Waals surface area contributed by atoms with Crippen molar-refractivity contribution in [3.8, 4) is 11.5 Å². The molecule has 0 aromatic heterocycles. The zero-order chi connectivity index (χ0) is 15.8. The van der Waals surface area contributed by atoms with Crippen molar-refractivity contribution in [2.75, 3.05) is 13.8 Å². The number of nitrogens with one attached hydrogen (secondary N) is 2. The van der Waals surface area contributed by atoms with E-state index in [0.29, 0.717) is 18.5 Å². The van der Waals surface area contributed by atoms with Crippen LogP contribution in [0, 0.1) is 5.92 Å². The molecule has 6 heteroatoms. The molecule has 2 heterocycles. The van der Waals surface area contributed by atoms with Crippen LogP contribution in [0.15, 0.2) is 18.2 Å². The Morgan fingerprint density at radius 3 is 2.96 bits per heavy atom. The monoisotopic (exact) mass is 317 g/mol. The van der Waals surface area contributed by atoms with Crippen molar-refractivity contribution in [2.24, 2.45) is 5.92 Å². The van der Waals surface area contributed by atoms with Crippen molar-refractivity contribution in [1.82, 2.24) is 15.8 Å². The summed E-state index contributed by atoms with van der Waals surface area (Å²) in [5, 5.41) is 0. The van der Waals surface area contributed by atoms with E-state index in [9.17, 15) is 4.79 Å². The lowest BCUT2D eigenvalue weighted by Crippen LogP contribution is -2.46. The number of hydrogen-bond acceptors (Lipinski definition) is 5. The van der Waals surface area contributed by atoms with Gasteiger partial charge in [-0.05, 0) is 30.5 Å². The second kappa shape index (κ2) is 6.02. The summed E-state index contributed by atoms with van der Waals surface area (Å²) in [6.07, 6.45) is 4.76. The topological polar surface area (TPSA) is 62.8 Å². The van der Waals surface area contributed by atoms with Crippen LogP contribution in [0.4, 0.5) is 0 Å². The Morgan fingerprint density at radius 1 is 1.22 bits per heavy atom. The van der Waals surface area contributed by atoms with E-state index < -0.39 is 0 Å². The zero-order valence-corrected chi connectivity index (χ0v) is 13.4. The molecule has 0 bridgehead atoms. The first kappa shape index (κ1) is 14.8. The number of ether oxygens (including phenoxy) is 2. The number of rotatable bonds is 3.